The number of rotatable bonds is 7. The van der Waals surface area contributed by atoms with Crippen LogP contribution in [0.4, 0.5) is 0 Å². The van der Waals surface area contributed by atoms with Gasteiger partial charge in [0.1, 0.15) is 18.1 Å². The highest BCUT2D eigenvalue weighted by Gasteiger charge is 2.17. The molecule has 5 heteroatoms. The van der Waals surface area contributed by atoms with E-state index in [1.54, 1.807) is 45.0 Å². The summed E-state index contributed by atoms with van der Waals surface area (Å²) in [5.41, 5.74) is 0.995. The summed E-state index contributed by atoms with van der Waals surface area (Å²) in [5, 5.41) is 0.675. The third-order valence-electron chi connectivity index (χ3n) is 3.14. The first-order valence-corrected chi connectivity index (χ1v) is 8.16. The zero-order valence-electron chi connectivity index (χ0n) is 14.0. The number of carbonyl (C=O) groups excluding carboxylic acids is 1. The molecule has 24 heavy (non-hydrogen) atoms. The summed E-state index contributed by atoms with van der Waals surface area (Å²) in [5.74, 6) is 0.989. The van der Waals surface area contributed by atoms with E-state index < -0.39 is 6.10 Å². The number of halogens is 1. The number of hydrogen-bond donors (Lipinski definition) is 0. The van der Waals surface area contributed by atoms with Gasteiger partial charge in [-0.3, -0.25) is 0 Å². The van der Waals surface area contributed by atoms with Crippen molar-refractivity contribution in [2.75, 3.05) is 0 Å². The molecular weight excluding hydrogens is 328 g/mol. The Morgan fingerprint density at radius 3 is 2.12 bits per heavy atom. The Bertz CT molecular complexity index is 650. The normalized spacial score (nSPS) is 11.9. The molecule has 1 atom stereocenters. The van der Waals surface area contributed by atoms with Gasteiger partial charge in [0, 0.05) is 5.02 Å². The predicted octanol–water partition coefficient (Wildman–Crippen LogP) is 4.64. The van der Waals surface area contributed by atoms with Crippen LogP contribution in [0.1, 0.15) is 26.3 Å². The Morgan fingerprint density at radius 1 is 0.958 bits per heavy atom. The van der Waals surface area contributed by atoms with Gasteiger partial charge in [0.2, 0.25) is 0 Å². The van der Waals surface area contributed by atoms with Gasteiger partial charge in [0.05, 0.1) is 6.10 Å². The fourth-order valence-corrected chi connectivity index (χ4v) is 2.07. The van der Waals surface area contributed by atoms with Crippen LogP contribution in [0.2, 0.25) is 5.02 Å². The maximum absolute atomic E-state index is 11.7. The highest BCUT2D eigenvalue weighted by atomic mass is 35.5. The van der Waals surface area contributed by atoms with Gasteiger partial charge in [-0.1, -0.05) is 23.7 Å². The third kappa shape index (κ3) is 5.78. The summed E-state index contributed by atoms with van der Waals surface area (Å²) in [4.78, 5) is 11.7. The quantitative estimate of drug-likeness (QED) is 0.684. The standard InChI is InChI=1S/C19H21ClO4/c1-13(2)23-19(21)14(3)24-18-8-4-15(5-9-18)12-22-17-10-6-16(20)7-11-17/h4-11,13-14H,12H2,1-3H3. The van der Waals surface area contributed by atoms with Gasteiger partial charge < -0.3 is 14.2 Å². The summed E-state index contributed by atoms with van der Waals surface area (Å²) < 4.78 is 16.4. The Labute approximate surface area is 147 Å². The molecule has 4 nitrogen and oxygen atoms in total. The molecule has 0 amide bonds. The first-order valence-electron chi connectivity index (χ1n) is 7.78. The molecule has 0 bridgehead atoms. The largest absolute Gasteiger partial charge is 0.489 e. The monoisotopic (exact) mass is 348 g/mol. The summed E-state index contributed by atoms with van der Waals surface area (Å²) in [6.07, 6.45) is -0.806. The summed E-state index contributed by atoms with van der Waals surface area (Å²) in [7, 11) is 0. The zero-order valence-corrected chi connectivity index (χ0v) is 14.7. The van der Waals surface area contributed by atoms with Crippen LogP contribution in [-0.2, 0) is 16.1 Å². The predicted molar refractivity (Wildman–Crippen MR) is 93.5 cm³/mol. The molecule has 0 radical (unpaired) electrons. The fourth-order valence-electron chi connectivity index (χ4n) is 1.94. The minimum atomic E-state index is -0.649. The lowest BCUT2D eigenvalue weighted by molar-refractivity contribution is -0.154. The molecule has 128 valence electrons. The molecule has 1 unspecified atom stereocenters. The fraction of sp³-hybridized carbons (Fsp3) is 0.316. The van der Waals surface area contributed by atoms with Crippen LogP contribution in [0.3, 0.4) is 0 Å². The second-order valence-electron chi connectivity index (χ2n) is 5.63. The van der Waals surface area contributed by atoms with Crippen LogP contribution in [0, 0.1) is 0 Å². The molecule has 0 saturated carbocycles. The molecule has 0 N–H and O–H groups in total. The second-order valence-corrected chi connectivity index (χ2v) is 6.07. The van der Waals surface area contributed by atoms with E-state index in [2.05, 4.69) is 0 Å². The number of benzene rings is 2. The van der Waals surface area contributed by atoms with Crippen LogP contribution in [0.15, 0.2) is 48.5 Å². The van der Waals surface area contributed by atoms with Crippen LogP contribution in [0.25, 0.3) is 0 Å². The van der Waals surface area contributed by atoms with E-state index in [4.69, 9.17) is 25.8 Å². The molecule has 0 aliphatic heterocycles. The number of hydrogen-bond acceptors (Lipinski definition) is 4. The minimum Gasteiger partial charge on any atom is -0.489 e. The Kier molecular flexibility index (Phi) is 6.50. The minimum absolute atomic E-state index is 0.157. The molecule has 0 aliphatic rings. The van der Waals surface area contributed by atoms with Crippen LogP contribution in [0.5, 0.6) is 11.5 Å². The number of ether oxygens (including phenoxy) is 3. The lowest BCUT2D eigenvalue weighted by Crippen LogP contribution is -2.28. The first kappa shape index (κ1) is 18.1. The Morgan fingerprint density at radius 2 is 1.54 bits per heavy atom. The van der Waals surface area contributed by atoms with Crippen molar-refractivity contribution in [1.82, 2.24) is 0 Å². The van der Waals surface area contributed by atoms with E-state index in [9.17, 15) is 4.79 Å². The number of esters is 1. The summed E-state index contributed by atoms with van der Waals surface area (Å²) in [6.45, 7) is 5.72. The van der Waals surface area contributed by atoms with Crippen LogP contribution >= 0.6 is 11.6 Å². The van der Waals surface area contributed by atoms with Gasteiger partial charge in [-0.2, -0.15) is 0 Å². The van der Waals surface area contributed by atoms with Crippen LogP contribution < -0.4 is 9.47 Å². The molecule has 0 heterocycles. The molecule has 0 fully saturated rings. The van der Waals surface area contributed by atoms with Gasteiger partial charge in [-0.15, -0.1) is 0 Å². The second kappa shape index (κ2) is 8.60. The average Bonchev–Trinajstić information content (AvgIpc) is 2.55. The molecule has 0 aliphatic carbocycles. The van der Waals surface area contributed by atoms with Crippen molar-refractivity contribution in [3.8, 4) is 11.5 Å². The smallest absolute Gasteiger partial charge is 0.347 e. The van der Waals surface area contributed by atoms with Crippen molar-refractivity contribution in [2.45, 2.75) is 39.6 Å². The molecular formula is C19H21ClO4. The van der Waals surface area contributed by atoms with Crippen molar-refractivity contribution < 1.29 is 19.0 Å². The van der Waals surface area contributed by atoms with Gasteiger partial charge in [-0.05, 0) is 62.7 Å². The van der Waals surface area contributed by atoms with Gasteiger partial charge in [-0.25, -0.2) is 4.79 Å². The van der Waals surface area contributed by atoms with E-state index in [1.165, 1.54) is 0 Å². The molecule has 0 aromatic heterocycles. The van der Waals surface area contributed by atoms with Crippen molar-refractivity contribution in [1.29, 1.82) is 0 Å². The topological polar surface area (TPSA) is 44.8 Å². The molecule has 0 saturated heterocycles. The first-order chi connectivity index (χ1) is 11.4. The molecule has 2 rings (SSSR count). The highest BCUT2D eigenvalue weighted by molar-refractivity contribution is 6.30. The van der Waals surface area contributed by atoms with E-state index in [0.29, 0.717) is 17.4 Å². The van der Waals surface area contributed by atoms with Crippen molar-refractivity contribution in [3.05, 3.63) is 59.1 Å². The van der Waals surface area contributed by atoms with Crippen molar-refractivity contribution >= 4 is 17.6 Å². The van der Waals surface area contributed by atoms with E-state index >= 15 is 0 Å². The van der Waals surface area contributed by atoms with Crippen LogP contribution in [-0.4, -0.2) is 18.2 Å². The summed E-state index contributed by atoms with van der Waals surface area (Å²) in [6, 6.07) is 14.6. The molecule has 2 aromatic carbocycles. The third-order valence-corrected chi connectivity index (χ3v) is 3.39. The van der Waals surface area contributed by atoms with E-state index in [1.807, 2.05) is 24.3 Å². The summed E-state index contributed by atoms with van der Waals surface area (Å²) >= 11 is 5.84. The lowest BCUT2D eigenvalue weighted by atomic mass is 10.2. The zero-order chi connectivity index (χ0) is 17.5. The highest BCUT2D eigenvalue weighted by Crippen LogP contribution is 2.19. The maximum atomic E-state index is 11.7. The van der Waals surface area contributed by atoms with E-state index in [0.717, 1.165) is 11.3 Å². The average molecular weight is 349 g/mol. The SMILES string of the molecule is CC(C)OC(=O)C(C)Oc1ccc(COc2ccc(Cl)cc2)cc1. The van der Waals surface area contributed by atoms with Gasteiger partial charge >= 0.3 is 5.97 Å². The van der Waals surface area contributed by atoms with Crippen molar-refractivity contribution in [2.24, 2.45) is 0 Å². The van der Waals surface area contributed by atoms with Crippen molar-refractivity contribution in [3.63, 3.8) is 0 Å². The van der Waals surface area contributed by atoms with Gasteiger partial charge in [0.15, 0.2) is 6.10 Å². The van der Waals surface area contributed by atoms with Gasteiger partial charge in [0.25, 0.3) is 0 Å². The molecule has 2 aromatic rings. The Hall–Kier alpha value is -2.20. The molecule has 0 spiro atoms. The lowest BCUT2D eigenvalue weighted by Gasteiger charge is -2.16. The maximum Gasteiger partial charge on any atom is 0.347 e. The van der Waals surface area contributed by atoms with E-state index in [-0.39, 0.29) is 12.1 Å². The Balaban J connectivity index is 1.86. The number of carbonyl (C=O) groups is 1.